The Hall–Kier alpha value is -0.410. The van der Waals surface area contributed by atoms with Gasteiger partial charge in [-0.1, -0.05) is 13.8 Å². The molecule has 0 saturated carbocycles. The number of aliphatic hydroxyl groups is 1. The molecule has 0 radical (unpaired) electrons. The molecular formula is C10H17NOS. The molecule has 0 spiro atoms. The SMILES string of the molecule is Cc1ncc(C(O)CCC(C)C)s1. The lowest BCUT2D eigenvalue weighted by Crippen LogP contribution is -1.97. The minimum absolute atomic E-state index is 0.311. The van der Waals surface area contributed by atoms with Gasteiger partial charge >= 0.3 is 0 Å². The molecular weight excluding hydrogens is 182 g/mol. The average Bonchev–Trinajstić information content (AvgIpc) is 2.47. The molecule has 1 atom stereocenters. The number of aliphatic hydroxyl groups excluding tert-OH is 1. The molecule has 13 heavy (non-hydrogen) atoms. The lowest BCUT2D eigenvalue weighted by molar-refractivity contribution is 0.162. The lowest BCUT2D eigenvalue weighted by Gasteiger charge is -2.09. The molecule has 1 N–H and O–H groups in total. The summed E-state index contributed by atoms with van der Waals surface area (Å²) < 4.78 is 0. The molecule has 0 bridgehead atoms. The van der Waals surface area contributed by atoms with E-state index in [9.17, 15) is 5.11 Å². The number of nitrogens with zero attached hydrogens (tertiary/aromatic N) is 1. The second-order valence-electron chi connectivity index (χ2n) is 3.77. The second-order valence-corrected chi connectivity index (χ2v) is 5.03. The van der Waals surface area contributed by atoms with Crippen LogP contribution in [0.2, 0.25) is 0 Å². The van der Waals surface area contributed by atoms with Gasteiger partial charge in [-0.2, -0.15) is 0 Å². The van der Waals surface area contributed by atoms with Crippen molar-refractivity contribution >= 4 is 11.3 Å². The Labute approximate surface area is 83.6 Å². The first kappa shape index (κ1) is 10.7. The smallest absolute Gasteiger partial charge is 0.0898 e. The Morgan fingerprint density at radius 1 is 1.46 bits per heavy atom. The molecule has 0 fully saturated rings. The second kappa shape index (κ2) is 4.72. The van der Waals surface area contributed by atoms with Crippen molar-refractivity contribution in [2.75, 3.05) is 0 Å². The maximum atomic E-state index is 9.75. The maximum Gasteiger partial charge on any atom is 0.0898 e. The van der Waals surface area contributed by atoms with Crippen molar-refractivity contribution in [2.45, 2.75) is 39.7 Å². The molecule has 0 aliphatic carbocycles. The summed E-state index contributed by atoms with van der Waals surface area (Å²) >= 11 is 1.59. The van der Waals surface area contributed by atoms with Crippen LogP contribution in [0.15, 0.2) is 6.20 Å². The van der Waals surface area contributed by atoms with E-state index < -0.39 is 0 Å². The van der Waals surface area contributed by atoms with Gasteiger partial charge in [-0.3, -0.25) is 0 Å². The number of rotatable bonds is 4. The number of aromatic nitrogens is 1. The molecule has 0 aromatic carbocycles. The van der Waals surface area contributed by atoms with Crippen molar-refractivity contribution in [3.8, 4) is 0 Å². The van der Waals surface area contributed by atoms with Crippen molar-refractivity contribution in [1.29, 1.82) is 0 Å². The van der Waals surface area contributed by atoms with Crippen molar-refractivity contribution in [1.82, 2.24) is 4.98 Å². The molecule has 1 rings (SSSR count). The van der Waals surface area contributed by atoms with Gasteiger partial charge in [0.1, 0.15) is 0 Å². The summed E-state index contributed by atoms with van der Waals surface area (Å²) in [7, 11) is 0. The predicted molar refractivity (Wildman–Crippen MR) is 55.9 cm³/mol. The molecule has 74 valence electrons. The Kier molecular flexibility index (Phi) is 3.88. The fraction of sp³-hybridized carbons (Fsp3) is 0.700. The van der Waals surface area contributed by atoms with E-state index in [0.717, 1.165) is 22.7 Å². The highest BCUT2D eigenvalue weighted by molar-refractivity contribution is 7.11. The van der Waals surface area contributed by atoms with Gasteiger partial charge in [0.15, 0.2) is 0 Å². The molecule has 1 aromatic heterocycles. The summed E-state index contributed by atoms with van der Waals surface area (Å²) in [6.45, 7) is 6.30. The standard InChI is InChI=1S/C10H17NOS/c1-7(2)4-5-9(12)10-6-11-8(3)13-10/h6-7,9,12H,4-5H2,1-3H3. The summed E-state index contributed by atoms with van der Waals surface area (Å²) in [5.74, 6) is 0.656. The third-order valence-corrected chi connectivity index (χ3v) is 3.00. The van der Waals surface area contributed by atoms with E-state index in [1.165, 1.54) is 0 Å². The van der Waals surface area contributed by atoms with E-state index in [1.54, 1.807) is 17.5 Å². The Morgan fingerprint density at radius 3 is 2.62 bits per heavy atom. The van der Waals surface area contributed by atoms with Crippen LogP contribution in [0.25, 0.3) is 0 Å². The topological polar surface area (TPSA) is 33.1 Å². The van der Waals surface area contributed by atoms with Crippen LogP contribution >= 0.6 is 11.3 Å². The minimum Gasteiger partial charge on any atom is -0.388 e. The summed E-state index contributed by atoms with van der Waals surface area (Å²) in [6.07, 6.45) is 3.39. The van der Waals surface area contributed by atoms with Crippen LogP contribution in [0, 0.1) is 12.8 Å². The molecule has 1 heterocycles. The first-order valence-electron chi connectivity index (χ1n) is 4.70. The minimum atomic E-state index is -0.311. The van der Waals surface area contributed by atoms with Crippen LogP contribution < -0.4 is 0 Å². The molecule has 3 heteroatoms. The fourth-order valence-corrected chi connectivity index (χ4v) is 1.97. The quantitative estimate of drug-likeness (QED) is 0.808. The largest absolute Gasteiger partial charge is 0.388 e. The van der Waals surface area contributed by atoms with Gasteiger partial charge in [0.2, 0.25) is 0 Å². The molecule has 0 saturated heterocycles. The van der Waals surface area contributed by atoms with Crippen LogP contribution in [0.5, 0.6) is 0 Å². The van der Waals surface area contributed by atoms with E-state index >= 15 is 0 Å². The van der Waals surface area contributed by atoms with Gasteiger partial charge in [0, 0.05) is 6.20 Å². The number of hydrogen-bond donors (Lipinski definition) is 1. The van der Waals surface area contributed by atoms with Gasteiger partial charge in [-0.15, -0.1) is 11.3 Å². The summed E-state index contributed by atoms with van der Waals surface area (Å²) in [5, 5.41) is 10.8. The van der Waals surface area contributed by atoms with E-state index in [0.29, 0.717) is 5.92 Å². The first-order chi connectivity index (χ1) is 6.09. The zero-order valence-electron chi connectivity index (χ0n) is 8.45. The average molecular weight is 199 g/mol. The predicted octanol–water partition coefficient (Wildman–Crippen LogP) is 2.92. The Bertz CT molecular complexity index is 257. The van der Waals surface area contributed by atoms with Gasteiger partial charge in [0.05, 0.1) is 16.0 Å². The van der Waals surface area contributed by atoms with Crippen molar-refractivity contribution in [3.05, 3.63) is 16.1 Å². The van der Waals surface area contributed by atoms with Gasteiger partial charge in [0.25, 0.3) is 0 Å². The highest BCUT2D eigenvalue weighted by Crippen LogP contribution is 2.25. The van der Waals surface area contributed by atoms with E-state index in [1.807, 2.05) is 6.92 Å². The Balaban J connectivity index is 2.44. The van der Waals surface area contributed by atoms with Gasteiger partial charge in [-0.25, -0.2) is 4.98 Å². The summed E-state index contributed by atoms with van der Waals surface area (Å²) in [5.41, 5.74) is 0. The van der Waals surface area contributed by atoms with Crippen molar-refractivity contribution in [2.24, 2.45) is 5.92 Å². The molecule has 1 unspecified atom stereocenters. The number of thiazole rings is 1. The normalized spacial score (nSPS) is 13.6. The van der Waals surface area contributed by atoms with Crippen LogP contribution in [-0.4, -0.2) is 10.1 Å². The molecule has 0 amide bonds. The summed E-state index contributed by atoms with van der Waals surface area (Å²) in [6, 6.07) is 0. The van der Waals surface area contributed by atoms with Crippen LogP contribution in [0.4, 0.5) is 0 Å². The number of aryl methyl sites for hydroxylation is 1. The van der Waals surface area contributed by atoms with Crippen molar-refractivity contribution < 1.29 is 5.11 Å². The van der Waals surface area contributed by atoms with E-state index in [4.69, 9.17) is 0 Å². The maximum absolute atomic E-state index is 9.75. The summed E-state index contributed by atoms with van der Waals surface area (Å²) in [4.78, 5) is 5.12. The third kappa shape index (κ3) is 3.44. The van der Waals surface area contributed by atoms with E-state index in [2.05, 4.69) is 18.8 Å². The molecule has 2 nitrogen and oxygen atoms in total. The lowest BCUT2D eigenvalue weighted by atomic mass is 10.0. The van der Waals surface area contributed by atoms with E-state index in [-0.39, 0.29) is 6.10 Å². The molecule has 1 aromatic rings. The van der Waals surface area contributed by atoms with Crippen molar-refractivity contribution in [3.63, 3.8) is 0 Å². The zero-order chi connectivity index (χ0) is 9.84. The third-order valence-electron chi connectivity index (χ3n) is 1.99. The number of hydrogen-bond acceptors (Lipinski definition) is 3. The van der Waals surface area contributed by atoms with Crippen LogP contribution in [-0.2, 0) is 0 Å². The monoisotopic (exact) mass is 199 g/mol. The molecule has 0 aliphatic heterocycles. The van der Waals surface area contributed by atoms with Gasteiger partial charge in [-0.05, 0) is 25.7 Å². The van der Waals surface area contributed by atoms with Crippen LogP contribution in [0.3, 0.4) is 0 Å². The Morgan fingerprint density at radius 2 is 2.15 bits per heavy atom. The van der Waals surface area contributed by atoms with Gasteiger partial charge < -0.3 is 5.11 Å². The first-order valence-corrected chi connectivity index (χ1v) is 5.51. The van der Waals surface area contributed by atoms with Crippen LogP contribution in [0.1, 0.15) is 42.7 Å². The zero-order valence-corrected chi connectivity index (χ0v) is 9.27. The highest BCUT2D eigenvalue weighted by Gasteiger charge is 2.10. The highest BCUT2D eigenvalue weighted by atomic mass is 32.1. The molecule has 0 aliphatic rings. The fourth-order valence-electron chi connectivity index (χ4n) is 1.17.